The van der Waals surface area contributed by atoms with Crippen molar-refractivity contribution in [2.45, 2.75) is 32.4 Å². The van der Waals surface area contributed by atoms with Gasteiger partial charge in [-0.3, -0.25) is 9.36 Å². The molecule has 3 aromatic rings. The fourth-order valence-electron chi connectivity index (χ4n) is 3.20. The number of fused-ring (bicyclic) bond motifs is 1. The summed E-state index contributed by atoms with van der Waals surface area (Å²) in [6, 6.07) is 11.7. The minimum atomic E-state index is -0.00583. The van der Waals surface area contributed by atoms with E-state index in [1.54, 1.807) is 4.57 Å². The molecule has 0 radical (unpaired) electrons. The summed E-state index contributed by atoms with van der Waals surface area (Å²) in [6.45, 7) is 3.27. The molecule has 1 aromatic carbocycles. The summed E-state index contributed by atoms with van der Waals surface area (Å²) in [4.78, 5) is 20.9. The Balaban J connectivity index is 1.92. The van der Waals surface area contributed by atoms with Gasteiger partial charge in [0.05, 0.1) is 18.0 Å². The molecule has 1 fully saturated rings. The van der Waals surface area contributed by atoms with Crippen molar-refractivity contribution in [2.24, 2.45) is 0 Å². The predicted molar refractivity (Wildman–Crippen MR) is 89.5 cm³/mol. The first kappa shape index (κ1) is 14.2. The van der Waals surface area contributed by atoms with Crippen LogP contribution in [0.25, 0.3) is 22.4 Å². The van der Waals surface area contributed by atoms with Crippen molar-refractivity contribution in [1.29, 1.82) is 0 Å². The molecule has 0 aliphatic carbocycles. The van der Waals surface area contributed by atoms with Crippen LogP contribution in [-0.2, 0) is 11.3 Å². The highest BCUT2D eigenvalue weighted by Gasteiger charge is 2.21. The quantitative estimate of drug-likeness (QED) is 0.809. The Bertz CT molecular complexity index is 890. The van der Waals surface area contributed by atoms with Crippen molar-refractivity contribution in [3.8, 4) is 11.4 Å². The summed E-state index contributed by atoms with van der Waals surface area (Å²) in [5.74, 6) is 0.695. The van der Waals surface area contributed by atoms with Crippen LogP contribution < -0.4 is 5.56 Å². The van der Waals surface area contributed by atoms with Crippen LogP contribution >= 0.6 is 0 Å². The molecule has 2 aromatic heterocycles. The summed E-state index contributed by atoms with van der Waals surface area (Å²) >= 11 is 0. The molecule has 3 heterocycles. The first-order valence-electron chi connectivity index (χ1n) is 7.99. The van der Waals surface area contributed by atoms with E-state index in [-0.39, 0.29) is 11.7 Å². The van der Waals surface area contributed by atoms with Gasteiger partial charge in [0.15, 0.2) is 0 Å². The Morgan fingerprint density at radius 3 is 2.91 bits per heavy atom. The average Bonchev–Trinajstić information content (AvgIpc) is 3.20. The molecule has 0 bridgehead atoms. The maximum absolute atomic E-state index is 13.0. The van der Waals surface area contributed by atoms with Crippen LogP contribution in [0.4, 0.5) is 0 Å². The van der Waals surface area contributed by atoms with Crippen LogP contribution in [-0.4, -0.2) is 27.2 Å². The van der Waals surface area contributed by atoms with Crippen molar-refractivity contribution >= 4 is 11.0 Å². The van der Waals surface area contributed by atoms with Crippen LogP contribution in [0, 0.1) is 6.92 Å². The molecule has 1 N–H and O–H groups in total. The zero-order valence-corrected chi connectivity index (χ0v) is 13.1. The molecule has 23 heavy (non-hydrogen) atoms. The molecule has 1 saturated heterocycles. The van der Waals surface area contributed by atoms with Crippen molar-refractivity contribution in [2.75, 3.05) is 6.61 Å². The van der Waals surface area contributed by atoms with Gasteiger partial charge in [-0.2, -0.15) is 0 Å². The molecule has 0 spiro atoms. The number of hydrogen-bond donors (Lipinski definition) is 1. The Hall–Kier alpha value is -2.40. The molecular weight excluding hydrogens is 290 g/mol. The summed E-state index contributed by atoms with van der Waals surface area (Å²) in [5, 5.41) is 0.639. The maximum atomic E-state index is 13.0. The van der Waals surface area contributed by atoms with Gasteiger partial charge in [-0.15, -0.1) is 0 Å². The molecule has 0 saturated carbocycles. The first-order chi connectivity index (χ1) is 11.2. The smallest absolute Gasteiger partial charge is 0.263 e. The number of aryl methyl sites for hydroxylation is 1. The van der Waals surface area contributed by atoms with Gasteiger partial charge in [-0.1, -0.05) is 30.3 Å². The van der Waals surface area contributed by atoms with Gasteiger partial charge in [0.2, 0.25) is 0 Å². The lowest BCUT2D eigenvalue weighted by atomic mass is 10.2. The van der Waals surface area contributed by atoms with E-state index >= 15 is 0 Å². The number of aromatic nitrogens is 3. The van der Waals surface area contributed by atoms with Crippen molar-refractivity contribution < 1.29 is 4.74 Å². The number of benzene rings is 1. The monoisotopic (exact) mass is 309 g/mol. The highest BCUT2D eigenvalue weighted by atomic mass is 16.5. The fourth-order valence-corrected chi connectivity index (χ4v) is 3.20. The molecule has 5 nitrogen and oxygen atoms in total. The number of nitrogens with one attached hydrogen (secondary N) is 1. The number of nitrogens with zero attached hydrogens (tertiary/aromatic N) is 2. The third-order valence-corrected chi connectivity index (χ3v) is 4.32. The minimum Gasteiger partial charge on any atom is -0.376 e. The van der Waals surface area contributed by atoms with E-state index in [0.29, 0.717) is 23.4 Å². The molecular formula is C18H19N3O2. The second-order valence-corrected chi connectivity index (χ2v) is 6.07. The lowest BCUT2D eigenvalue weighted by Crippen LogP contribution is -2.28. The van der Waals surface area contributed by atoms with E-state index in [1.165, 1.54) is 0 Å². The summed E-state index contributed by atoms with van der Waals surface area (Å²) < 4.78 is 7.49. The molecule has 1 unspecified atom stereocenters. The summed E-state index contributed by atoms with van der Waals surface area (Å²) in [7, 11) is 0. The summed E-state index contributed by atoms with van der Waals surface area (Å²) in [6.07, 6.45) is 2.14. The maximum Gasteiger partial charge on any atom is 0.263 e. The Kier molecular flexibility index (Phi) is 3.50. The van der Waals surface area contributed by atoms with E-state index < -0.39 is 0 Å². The van der Waals surface area contributed by atoms with Crippen molar-refractivity contribution in [3.63, 3.8) is 0 Å². The van der Waals surface area contributed by atoms with Gasteiger partial charge in [0.1, 0.15) is 11.5 Å². The molecule has 4 rings (SSSR count). The van der Waals surface area contributed by atoms with Gasteiger partial charge in [-0.05, 0) is 25.8 Å². The van der Waals surface area contributed by atoms with E-state index in [9.17, 15) is 4.79 Å². The SMILES string of the molecule is Cc1cc2c(=O)n(CC3CCCO3)c(-c3ccccc3)nc2[nH]1. The largest absolute Gasteiger partial charge is 0.376 e. The second-order valence-electron chi connectivity index (χ2n) is 6.07. The minimum absolute atomic E-state index is 0.00583. The van der Waals surface area contributed by atoms with Crippen LogP contribution in [0.1, 0.15) is 18.5 Å². The van der Waals surface area contributed by atoms with E-state index in [2.05, 4.69) is 4.98 Å². The van der Waals surface area contributed by atoms with Crippen LogP contribution in [0.3, 0.4) is 0 Å². The molecule has 0 amide bonds. The summed E-state index contributed by atoms with van der Waals surface area (Å²) in [5.41, 5.74) is 2.53. The number of rotatable bonds is 3. The Morgan fingerprint density at radius 2 is 2.17 bits per heavy atom. The van der Waals surface area contributed by atoms with Crippen LogP contribution in [0.2, 0.25) is 0 Å². The average molecular weight is 309 g/mol. The van der Waals surface area contributed by atoms with E-state index in [1.807, 2.05) is 43.3 Å². The molecule has 1 atom stereocenters. The topological polar surface area (TPSA) is 59.9 Å². The Morgan fingerprint density at radius 1 is 1.35 bits per heavy atom. The van der Waals surface area contributed by atoms with Crippen molar-refractivity contribution in [1.82, 2.24) is 14.5 Å². The van der Waals surface area contributed by atoms with Crippen LogP contribution in [0.5, 0.6) is 0 Å². The Labute approximate surface area is 133 Å². The molecule has 5 heteroatoms. The third-order valence-electron chi connectivity index (χ3n) is 4.32. The fraction of sp³-hybridized carbons (Fsp3) is 0.333. The zero-order valence-electron chi connectivity index (χ0n) is 13.1. The predicted octanol–water partition coefficient (Wildman–Crippen LogP) is 2.88. The van der Waals surface area contributed by atoms with Gasteiger partial charge >= 0.3 is 0 Å². The molecule has 118 valence electrons. The van der Waals surface area contributed by atoms with Gasteiger partial charge < -0.3 is 9.72 Å². The first-order valence-corrected chi connectivity index (χ1v) is 7.99. The van der Waals surface area contributed by atoms with Gasteiger partial charge in [-0.25, -0.2) is 4.98 Å². The van der Waals surface area contributed by atoms with E-state index in [4.69, 9.17) is 9.72 Å². The molecule has 1 aliphatic rings. The number of hydrogen-bond acceptors (Lipinski definition) is 3. The van der Waals surface area contributed by atoms with Gasteiger partial charge in [0, 0.05) is 17.9 Å². The number of aromatic amines is 1. The van der Waals surface area contributed by atoms with E-state index in [0.717, 1.165) is 30.7 Å². The lowest BCUT2D eigenvalue weighted by molar-refractivity contribution is 0.0965. The zero-order chi connectivity index (χ0) is 15.8. The number of ether oxygens (including phenoxy) is 1. The van der Waals surface area contributed by atoms with Crippen molar-refractivity contribution in [3.05, 3.63) is 52.4 Å². The highest BCUT2D eigenvalue weighted by Crippen LogP contribution is 2.21. The second kappa shape index (κ2) is 5.66. The molecule has 1 aliphatic heterocycles. The third kappa shape index (κ3) is 2.57. The highest BCUT2D eigenvalue weighted by molar-refractivity contribution is 5.77. The van der Waals surface area contributed by atoms with Crippen LogP contribution in [0.15, 0.2) is 41.2 Å². The van der Waals surface area contributed by atoms with Gasteiger partial charge in [0.25, 0.3) is 5.56 Å². The normalized spacial score (nSPS) is 17.9. The number of H-pyrrole nitrogens is 1. The lowest BCUT2D eigenvalue weighted by Gasteiger charge is -2.16. The standard InChI is InChI=1S/C18H19N3O2/c1-12-10-15-16(19-12)20-17(13-6-3-2-4-7-13)21(18(15)22)11-14-8-5-9-23-14/h2-4,6-7,10,14,19H,5,8-9,11H2,1H3.